The summed E-state index contributed by atoms with van der Waals surface area (Å²) in [4.78, 5) is 21.6. The van der Waals surface area contributed by atoms with Crippen LogP contribution in [-0.4, -0.2) is 37.7 Å². The van der Waals surface area contributed by atoms with Gasteiger partial charge in [-0.2, -0.15) is 0 Å². The minimum absolute atomic E-state index is 0. The molecule has 0 atom stereocenters. The molecule has 0 rings (SSSR count). The van der Waals surface area contributed by atoms with E-state index in [9.17, 15) is 0 Å². The molecule has 0 spiro atoms. The standard InChI is InChI=1S/Fe.Li.Mg.H3O4P.3H/c;;;1-5(2,3)4;;;/h;;;(H3,1,2,3,4);;;/q;+1;+2;;3*-1. The minimum atomic E-state index is -4.64. The van der Waals surface area contributed by atoms with E-state index in [1.165, 1.54) is 0 Å². The van der Waals surface area contributed by atoms with E-state index < -0.39 is 7.82 Å². The third kappa shape index (κ3) is 98.4. The minimum Gasteiger partial charge on any atom is -1.00 e. The Hall–Kier alpha value is 1.99. The van der Waals surface area contributed by atoms with Gasteiger partial charge in [0, 0.05) is 17.1 Å². The summed E-state index contributed by atoms with van der Waals surface area (Å²) in [6, 6.07) is 0. The molecule has 0 saturated carbocycles. The van der Waals surface area contributed by atoms with E-state index in [0.29, 0.717) is 0 Å². The van der Waals surface area contributed by atoms with Gasteiger partial charge >= 0.3 is 49.7 Å². The monoisotopic (exact) mass is 188 g/mol. The van der Waals surface area contributed by atoms with E-state index in [4.69, 9.17) is 19.2 Å². The van der Waals surface area contributed by atoms with Crippen molar-refractivity contribution in [3.05, 3.63) is 0 Å². The topological polar surface area (TPSA) is 77.8 Å². The Morgan fingerprint density at radius 2 is 1.25 bits per heavy atom. The van der Waals surface area contributed by atoms with Crippen molar-refractivity contribution in [1.82, 2.24) is 0 Å². The average molecular weight is 188 g/mol. The van der Waals surface area contributed by atoms with Crippen molar-refractivity contribution in [2.45, 2.75) is 0 Å². The molecule has 0 radical (unpaired) electrons. The maximum Gasteiger partial charge on any atom is 2.00 e. The maximum atomic E-state index is 8.88. The molecule has 0 amide bonds. The van der Waals surface area contributed by atoms with Gasteiger partial charge in [-0.1, -0.05) is 0 Å². The number of hydrogen-bond acceptors (Lipinski definition) is 1. The van der Waals surface area contributed by atoms with Gasteiger partial charge in [0.15, 0.2) is 0 Å². The van der Waals surface area contributed by atoms with Crippen molar-refractivity contribution in [2.24, 2.45) is 0 Å². The predicted octanol–water partition coefficient (Wildman–Crippen LogP) is -3.97. The largest absolute Gasteiger partial charge is 2.00 e. The first kappa shape index (κ1) is 22.5. The van der Waals surface area contributed by atoms with Crippen molar-refractivity contribution in [3.8, 4) is 0 Å². The van der Waals surface area contributed by atoms with Crippen molar-refractivity contribution >= 4 is 30.9 Å². The molecule has 4 nitrogen and oxygen atoms in total. The average Bonchev–Trinajstić information content (AvgIpc) is 0.722. The molecule has 0 aliphatic rings. The normalized spacial score (nSPS) is 7.38. The molecule has 0 aromatic carbocycles. The van der Waals surface area contributed by atoms with Gasteiger partial charge in [0.05, 0.1) is 0 Å². The molecule has 0 aliphatic carbocycles. The Morgan fingerprint density at radius 1 is 1.25 bits per heavy atom. The van der Waals surface area contributed by atoms with Crippen molar-refractivity contribution in [3.63, 3.8) is 0 Å². The maximum absolute atomic E-state index is 8.88. The van der Waals surface area contributed by atoms with Crippen LogP contribution in [0.4, 0.5) is 0 Å². The number of rotatable bonds is 0. The molecule has 0 heterocycles. The van der Waals surface area contributed by atoms with E-state index in [1.807, 2.05) is 0 Å². The summed E-state index contributed by atoms with van der Waals surface area (Å²) < 4.78 is 8.88. The van der Waals surface area contributed by atoms with Crippen molar-refractivity contribution in [1.29, 1.82) is 0 Å². The van der Waals surface area contributed by atoms with Crippen LogP contribution in [0.5, 0.6) is 0 Å². The van der Waals surface area contributed by atoms with E-state index in [1.54, 1.807) is 0 Å². The van der Waals surface area contributed by atoms with Gasteiger partial charge in [-0.15, -0.1) is 0 Å². The molecule has 8 heteroatoms. The van der Waals surface area contributed by atoms with Crippen LogP contribution in [0.15, 0.2) is 0 Å². The molecule has 3 N–H and O–H groups in total. The fourth-order valence-electron chi connectivity index (χ4n) is 0. The van der Waals surface area contributed by atoms with Gasteiger partial charge in [-0.05, 0) is 0 Å². The van der Waals surface area contributed by atoms with E-state index in [0.717, 1.165) is 0 Å². The SMILES string of the molecule is O=P(O)(O)O.[Fe].[H-].[H-].[H-].[Li+].[Mg+2]. The molecule has 0 saturated heterocycles. The molecule has 0 aliphatic heterocycles. The third-order valence-corrected chi connectivity index (χ3v) is 0. The number of phosphoric acid groups is 1. The Morgan fingerprint density at radius 3 is 1.25 bits per heavy atom. The molecular weight excluding hydrogens is 182 g/mol. The molecule has 0 unspecified atom stereocenters. The quantitative estimate of drug-likeness (QED) is 0.268. The Labute approximate surface area is 89.9 Å². The summed E-state index contributed by atoms with van der Waals surface area (Å²) >= 11 is 0. The summed E-state index contributed by atoms with van der Waals surface area (Å²) in [7, 11) is -4.64. The van der Waals surface area contributed by atoms with Gasteiger partial charge < -0.3 is 19.0 Å². The first-order valence-electron chi connectivity index (χ1n) is 0.783. The van der Waals surface area contributed by atoms with Gasteiger partial charge in [0.2, 0.25) is 0 Å². The predicted molar refractivity (Wildman–Crippen MR) is 23.4 cm³/mol. The van der Waals surface area contributed by atoms with Crippen LogP contribution in [0.2, 0.25) is 0 Å². The van der Waals surface area contributed by atoms with Crippen LogP contribution >= 0.6 is 7.82 Å². The Kier molecular flexibility index (Phi) is 25.3. The second kappa shape index (κ2) is 8.99. The number of hydrogen-bond donors (Lipinski definition) is 3. The zero-order chi connectivity index (χ0) is 4.50. The van der Waals surface area contributed by atoms with Crippen LogP contribution < -0.4 is 18.9 Å². The fourth-order valence-corrected chi connectivity index (χ4v) is 0. The summed E-state index contributed by atoms with van der Waals surface area (Å²) in [6.45, 7) is 0. The zero-order valence-corrected chi connectivity index (χ0v) is 7.67. The molecule has 0 aromatic rings. The van der Waals surface area contributed by atoms with E-state index in [2.05, 4.69) is 0 Å². The molecule has 8 heavy (non-hydrogen) atoms. The van der Waals surface area contributed by atoms with Gasteiger partial charge in [-0.3, -0.25) is 0 Å². The van der Waals surface area contributed by atoms with E-state index in [-0.39, 0.29) is 63.3 Å². The van der Waals surface area contributed by atoms with Crippen LogP contribution in [0.25, 0.3) is 0 Å². The van der Waals surface area contributed by atoms with E-state index >= 15 is 0 Å². The van der Waals surface area contributed by atoms with Crippen LogP contribution in [0.1, 0.15) is 4.28 Å². The van der Waals surface area contributed by atoms with Gasteiger partial charge in [0.25, 0.3) is 0 Å². The molecule has 46 valence electrons. The Bertz CT molecular complexity index is 71.5. The Balaban J connectivity index is -0.00000000533. The van der Waals surface area contributed by atoms with Crippen molar-refractivity contribution < 1.29 is 59.5 Å². The second-order valence-corrected chi connectivity index (χ2v) is 1.54. The van der Waals surface area contributed by atoms with Crippen LogP contribution in [-0.2, 0) is 21.6 Å². The van der Waals surface area contributed by atoms with Crippen LogP contribution in [0.3, 0.4) is 0 Å². The molecule has 0 bridgehead atoms. The van der Waals surface area contributed by atoms with Crippen LogP contribution in [0, 0.1) is 0 Å². The summed E-state index contributed by atoms with van der Waals surface area (Å²) in [5, 5.41) is 0. The third-order valence-electron chi connectivity index (χ3n) is 0. The summed E-state index contributed by atoms with van der Waals surface area (Å²) in [5.74, 6) is 0. The van der Waals surface area contributed by atoms with Crippen molar-refractivity contribution in [2.75, 3.05) is 0 Å². The summed E-state index contributed by atoms with van der Waals surface area (Å²) in [5.41, 5.74) is 0. The zero-order valence-electron chi connectivity index (χ0n) is 7.26. The van der Waals surface area contributed by atoms with Gasteiger partial charge in [0.1, 0.15) is 0 Å². The first-order chi connectivity index (χ1) is 2.00. The smallest absolute Gasteiger partial charge is 1.00 e. The first-order valence-corrected chi connectivity index (χ1v) is 2.35. The van der Waals surface area contributed by atoms with Gasteiger partial charge in [-0.25, -0.2) is 4.57 Å². The second-order valence-electron chi connectivity index (χ2n) is 0.513. The fraction of sp³-hybridized carbons (Fsp3) is 0. The molecule has 0 fully saturated rings. The summed E-state index contributed by atoms with van der Waals surface area (Å²) in [6.07, 6.45) is 0. The molecule has 0 aromatic heterocycles. The molecular formula is H6FeLiMgO4P.